The van der Waals surface area contributed by atoms with E-state index in [4.69, 9.17) is 4.42 Å². The van der Waals surface area contributed by atoms with Crippen LogP contribution in [0.5, 0.6) is 5.75 Å². The third kappa shape index (κ3) is 2.35. The highest BCUT2D eigenvalue weighted by atomic mass is 16.7. The lowest BCUT2D eigenvalue weighted by molar-refractivity contribution is 0.102. The van der Waals surface area contributed by atoms with E-state index in [1.165, 1.54) is 19.3 Å². The summed E-state index contributed by atoms with van der Waals surface area (Å²) in [5.41, 5.74) is -0.415. The molecule has 0 saturated carbocycles. The number of aryl methyl sites for hydroxylation is 1. The highest BCUT2D eigenvalue weighted by Gasteiger charge is 2.12. The zero-order chi connectivity index (χ0) is 10.6. The van der Waals surface area contributed by atoms with Gasteiger partial charge in [0, 0.05) is 6.07 Å². The Morgan fingerprint density at radius 2 is 2.29 bits per heavy atom. The fraction of sp³-hybridized carbons (Fsp3) is 0.333. The van der Waals surface area contributed by atoms with E-state index < -0.39 is 11.6 Å². The van der Waals surface area contributed by atoms with E-state index in [2.05, 4.69) is 9.47 Å². The van der Waals surface area contributed by atoms with Crippen molar-refractivity contribution < 1.29 is 18.7 Å². The van der Waals surface area contributed by atoms with Crippen LogP contribution in [-0.4, -0.2) is 12.8 Å². The Balaban J connectivity index is 2.86. The first-order valence-electron chi connectivity index (χ1n) is 4.08. The van der Waals surface area contributed by atoms with Gasteiger partial charge in [0.05, 0.1) is 12.9 Å². The Bertz CT molecular complexity index is 379. The van der Waals surface area contributed by atoms with E-state index in [1.54, 1.807) is 6.92 Å². The van der Waals surface area contributed by atoms with Gasteiger partial charge in [-0.25, -0.2) is 4.79 Å². The second kappa shape index (κ2) is 4.45. The Kier molecular flexibility index (Phi) is 3.28. The minimum atomic E-state index is -0.908. The van der Waals surface area contributed by atoms with Gasteiger partial charge in [0.15, 0.2) is 0 Å². The van der Waals surface area contributed by atoms with Crippen LogP contribution >= 0.6 is 0 Å². The molecule has 0 N–H and O–H groups in total. The highest BCUT2D eigenvalue weighted by Crippen LogP contribution is 2.11. The molecule has 0 saturated heterocycles. The maximum atomic E-state index is 11.2. The summed E-state index contributed by atoms with van der Waals surface area (Å²) in [4.78, 5) is 22.1. The fourth-order valence-electron chi connectivity index (χ4n) is 0.853. The van der Waals surface area contributed by atoms with Crippen molar-refractivity contribution >= 4 is 6.16 Å². The molecule has 0 amide bonds. The average Bonchev–Trinajstić information content (AvgIpc) is 2.12. The molecule has 5 heteroatoms. The van der Waals surface area contributed by atoms with E-state index in [1.807, 2.05) is 0 Å². The van der Waals surface area contributed by atoms with Crippen LogP contribution in [0, 0.1) is 6.92 Å². The van der Waals surface area contributed by atoms with Crippen molar-refractivity contribution in [3.05, 3.63) is 28.3 Å². The molecular formula is C9H10O5. The smallest absolute Gasteiger partial charge is 0.465 e. The van der Waals surface area contributed by atoms with Crippen LogP contribution in [0.1, 0.15) is 12.7 Å². The van der Waals surface area contributed by atoms with Crippen molar-refractivity contribution in [2.24, 2.45) is 0 Å². The molecule has 0 unspecified atom stereocenters. The Morgan fingerprint density at radius 3 is 2.86 bits per heavy atom. The predicted octanol–water partition coefficient (Wildman–Crippen LogP) is 1.48. The average molecular weight is 198 g/mol. The van der Waals surface area contributed by atoms with Gasteiger partial charge in [-0.15, -0.1) is 0 Å². The summed E-state index contributed by atoms with van der Waals surface area (Å²) in [6.45, 7) is 3.35. The van der Waals surface area contributed by atoms with Gasteiger partial charge in [0.1, 0.15) is 5.76 Å². The lowest BCUT2D eigenvalue weighted by Crippen LogP contribution is -2.16. The molecule has 1 heterocycles. The largest absolute Gasteiger partial charge is 0.514 e. The SMILES string of the molecule is CCOC(=O)Oc1c(C)occc1=O. The molecule has 14 heavy (non-hydrogen) atoms. The molecule has 1 aromatic heterocycles. The first-order chi connectivity index (χ1) is 6.65. The summed E-state index contributed by atoms with van der Waals surface area (Å²) >= 11 is 0. The molecule has 0 fully saturated rings. The van der Waals surface area contributed by atoms with Gasteiger partial charge in [-0.3, -0.25) is 4.79 Å². The molecule has 0 aliphatic carbocycles. The quantitative estimate of drug-likeness (QED) is 0.673. The van der Waals surface area contributed by atoms with Gasteiger partial charge in [-0.1, -0.05) is 0 Å². The zero-order valence-electron chi connectivity index (χ0n) is 7.90. The van der Waals surface area contributed by atoms with Gasteiger partial charge in [-0.2, -0.15) is 0 Å². The second-order valence-corrected chi connectivity index (χ2v) is 2.46. The molecule has 0 spiro atoms. The minimum absolute atomic E-state index is 0.133. The van der Waals surface area contributed by atoms with E-state index in [0.717, 1.165) is 0 Å². The molecule has 0 bridgehead atoms. The molecule has 0 aliphatic rings. The summed E-state index contributed by atoms with van der Waals surface area (Å²) in [7, 11) is 0. The van der Waals surface area contributed by atoms with E-state index in [9.17, 15) is 9.59 Å². The number of hydrogen-bond donors (Lipinski definition) is 0. The number of ether oxygens (including phenoxy) is 2. The molecule has 0 radical (unpaired) electrons. The van der Waals surface area contributed by atoms with Gasteiger partial charge in [0.2, 0.25) is 11.2 Å². The van der Waals surface area contributed by atoms with E-state index in [-0.39, 0.29) is 18.1 Å². The summed E-state index contributed by atoms with van der Waals surface area (Å²) < 4.78 is 14.0. The summed E-state index contributed by atoms with van der Waals surface area (Å²) in [6.07, 6.45) is 0.324. The molecular weight excluding hydrogens is 188 g/mol. The van der Waals surface area contributed by atoms with Crippen LogP contribution in [0.4, 0.5) is 4.79 Å². The first kappa shape index (κ1) is 10.3. The fourth-order valence-corrected chi connectivity index (χ4v) is 0.853. The highest BCUT2D eigenvalue weighted by molar-refractivity contribution is 5.63. The standard InChI is InChI=1S/C9H10O5/c1-3-12-9(11)14-8-6(2)13-5-4-7(8)10/h4-5H,3H2,1-2H3. The molecule has 0 aliphatic heterocycles. The maximum Gasteiger partial charge on any atom is 0.514 e. The lowest BCUT2D eigenvalue weighted by atomic mass is 10.4. The van der Waals surface area contributed by atoms with E-state index >= 15 is 0 Å². The van der Waals surface area contributed by atoms with Crippen molar-refractivity contribution in [2.75, 3.05) is 6.61 Å². The third-order valence-electron chi connectivity index (χ3n) is 1.46. The molecule has 1 rings (SSSR count). The summed E-state index contributed by atoms with van der Waals surface area (Å²) in [5.74, 6) is 0.108. The Labute approximate surface area is 80.2 Å². The van der Waals surface area contributed by atoms with E-state index in [0.29, 0.717) is 0 Å². The number of hydrogen-bond acceptors (Lipinski definition) is 5. The van der Waals surface area contributed by atoms with Crippen molar-refractivity contribution in [1.82, 2.24) is 0 Å². The monoisotopic (exact) mass is 198 g/mol. The predicted molar refractivity (Wildman–Crippen MR) is 47.4 cm³/mol. The molecule has 5 nitrogen and oxygen atoms in total. The van der Waals surface area contributed by atoms with Gasteiger partial charge >= 0.3 is 6.16 Å². The normalized spacial score (nSPS) is 9.57. The molecule has 76 valence electrons. The number of rotatable bonds is 2. The topological polar surface area (TPSA) is 65.7 Å². The van der Waals surface area contributed by atoms with Gasteiger partial charge < -0.3 is 13.9 Å². The van der Waals surface area contributed by atoms with Crippen molar-refractivity contribution in [1.29, 1.82) is 0 Å². The Hall–Kier alpha value is -1.78. The zero-order valence-corrected chi connectivity index (χ0v) is 7.90. The third-order valence-corrected chi connectivity index (χ3v) is 1.46. The lowest BCUT2D eigenvalue weighted by Gasteiger charge is -2.03. The number of carbonyl (C=O) groups excluding carboxylic acids is 1. The molecule has 1 aromatic rings. The van der Waals surface area contributed by atoms with Crippen molar-refractivity contribution in [3.8, 4) is 5.75 Å². The minimum Gasteiger partial charge on any atom is -0.465 e. The maximum absolute atomic E-state index is 11.2. The van der Waals surface area contributed by atoms with Crippen molar-refractivity contribution in [2.45, 2.75) is 13.8 Å². The second-order valence-electron chi connectivity index (χ2n) is 2.46. The van der Waals surface area contributed by atoms with Crippen LogP contribution in [-0.2, 0) is 4.74 Å². The van der Waals surface area contributed by atoms with Gasteiger partial charge in [0.25, 0.3) is 0 Å². The van der Waals surface area contributed by atoms with Crippen LogP contribution in [0.15, 0.2) is 21.5 Å². The number of carbonyl (C=O) groups is 1. The van der Waals surface area contributed by atoms with Crippen LogP contribution in [0.25, 0.3) is 0 Å². The van der Waals surface area contributed by atoms with Crippen molar-refractivity contribution in [3.63, 3.8) is 0 Å². The summed E-state index contributed by atoms with van der Waals surface area (Å²) in [6, 6.07) is 1.17. The summed E-state index contributed by atoms with van der Waals surface area (Å²) in [5, 5.41) is 0. The first-order valence-corrected chi connectivity index (χ1v) is 4.08. The van der Waals surface area contributed by atoms with Crippen LogP contribution < -0.4 is 10.2 Å². The van der Waals surface area contributed by atoms with Crippen LogP contribution in [0.3, 0.4) is 0 Å². The van der Waals surface area contributed by atoms with Gasteiger partial charge in [-0.05, 0) is 13.8 Å². The molecule has 0 aromatic carbocycles. The Morgan fingerprint density at radius 1 is 1.57 bits per heavy atom. The van der Waals surface area contributed by atoms with Crippen LogP contribution in [0.2, 0.25) is 0 Å². The molecule has 0 atom stereocenters.